The van der Waals surface area contributed by atoms with Gasteiger partial charge in [-0.25, -0.2) is 0 Å². The summed E-state index contributed by atoms with van der Waals surface area (Å²) in [5.74, 6) is 1.26. The van der Waals surface area contributed by atoms with Gasteiger partial charge in [0.05, 0.1) is 23.9 Å². The molecule has 0 spiro atoms. The minimum absolute atomic E-state index is 0.00372. The molecule has 6 nitrogen and oxygen atoms in total. The molecule has 2 aliphatic rings. The van der Waals surface area contributed by atoms with Crippen molar-refractivity contribution >= 4 is 23.1 Å². The summed E-state index contributed by atoms with van der Waals surface area (Å²) >= 11 is 6.54. The fourth-order valence-corrected chi connectivity index (χ4v) is 5.94. The van der Waals surface area contributed by atoms with Crippen molar-refractivity contribution in [3.05, 3.63) is 52.5 Å². The van der Waals surface area contributed by atoms with Crippen LogP contribution in [0.5, 0.6) is 11.5 Å². The number of carbonyl (C=O) groups excluding carboxylic acids is 1. The highest BCUT2D eigenvalue weighted by atomic mass is 35.5. The lowest BCUT2D eigenvalue weighted by molar-refractivity contribution is 0.0864. The summed E-state index contributed by atoms with van der Waals surface area (Å²) in [6.07, 6.45) is 2.40. The van der Waals surface area contributed by atoms with E-state index in [9.17, 15) is 10.1 Å². The zero-order chi connectivity index (χ0) is 25.2. The van der Waals surface area contributed by atoms with Crippen molar-refractivity contribution in [2.45, 2.75) is 58.0 Å². The van der Waals surface area contributed by atoms with Gasteiger partial charge in [-0.2, -0.15) is 5.26 Å². The Morgan fingerprint density at radius 3 is 2.46 bits per heavy atom. The highest BCUT2D eigenvalue weighted by molar-refractivity contribution is 6.32. The summed E-state index contributed by atoms with van der Waals surface area (Å²) in [5.41, 5.74) is 1.86. The Balaban J connectivity index is 1.49. The Kier molecular flexibility index (Phi) is 7.42. The van der Waals surface area contributed by atoms with Gasteiger partial charge in [-0.05, 0) is 76.8 Å². The van der Waals surface area contributed by atoms with Crippen LogP contribution in [0.15, 0.2) is 36.4 Å². The van der Waals surface area contributed by atoms with E-state index in [4.69, 9.17) is 21.1 Å². The van der Waals surface area contributed by atoms with E-state index in [0.29, 0.717) is 53.2 Å². The van der Waals surface area contributed by atoms with Crippen LogP contribution < -0.4 is 15.0 Å². The maximum atomic E-state index is 13.1. The first-order chi connectivity index (χ1) is 16.6. The van der Waals surface area contributed by atoms with E-state index in [1.54, 1.807) is 24.3 Å². The van der Waals surface area contributed by atoms with Gasteiger partial charge in [0, 0.05) is 36.2 Å². The van der Waals surface area contributed by atoms with E-state index in [0.717, 1.165) is 31.6 Å². The van der Waals surface area contributed by atoms with Crippen molar-refractivity contribution in [1.82, 2.24) is 5.32 Å². The third kappa shape index (κ3) is 6.16. The van der Waals surface area contributed by atoms with Gasteiger partial charge < -0.3 is 19.7 Å². The number of Topliss-reactive ketones (excluding diaryl/α,β-unsaturated/α-hetero) is 1. The number of benzene rings is 2. The predicted molar refractivity (Wildman–Crippen MR) is 139 cm³/mol. The molecule has 2 aliphatic heterocycles. The van der Waals surface area contributed by atoms with Crippen LogP contribution in [-0.2, 0) is 4.74 Å². The lowest BCUT2D eigenvalue weighted by Gasteiger charge is -2.46. The number of nitrogens with one attached hydrogen (secondary N) is 1. The number of anilines is 1. The van der Waals surface area contributed by atoms with Crippen LogP contribution in [0.3, 0.4) is 0 Å². The van der Waals surface area contributed by atoms with Gasteiger partial charge >= 0.3 is 0 Å². The van der Waals surface area contributed by atoms with E-state index >= 15 is 0 Å². The molecule has 2 heterocycles. The molecule has 0 aromatic heterocycles. The van der Waals surface area contributed by atoms with E-state index < -0.39 is 0 Å². The van der Waals surface area contributed by atoms with Crippen molar-refractivity contribution in [3.63, 3.8) is 0 Å². The van der Waals surface area contributed by atoms with Crippen LogP contribution in [0, 0.1) is 17.2 Å². The van der Waals surface area contributed by atoms with E-state index in [-0.39, 0.29) is 16.9 Å². The number of morpholine rings is 1. The fraction of sp³-hybridized carbons (Fsp3) is 0.500. The first-order valence-corrected chi connectivity index (χ1v) is 12.6. The van der Waals surface area contributed by atoms with Crippen LogP contribution in [0.2, 0.25) is 5.02 Å². The smallest absolute Gasteiger partial charge is 0.163 e. The number of ether oxygens (including phenoxy) is 2. The number of halogens is 1. The number of hydrogen-bond donors (Lipinski definition) is 1. The Morgan fingerprint density at radius 2 is 1.83 bits per heavy atom. The normalized spacial score (nSPS) is 19.7. The molecule has 186 valence electrons. The Morgan fingerprint density at radius 1 is 1.14 bits per heavy atom. The van der Waals surface area contributed by atoms with E-state index in [2.05, 4.69) is 44.0 Å². The van der Waals surface area contributed by atoms with Crippen molar-refractivity contribution < 1.29 is 14.3 Å². The lowest BCUT2D eigenvalue weighted by Crippen LogP contribution is -2.57. The molecular weight excluding hydrogens is 462 g/mol. The standard InChI is InChI=1S/C28H34ClN3O3/c1-27(2)16-19(17-28(3,4)31-27)14-24(33)20-8-9-26(22(29)15-20)35-25-7-5-6-23(21(25)18-30)32-10-12-34-13-11-32/h5-9,15,19,31H,10-14,16-17H2,1-4H3. The van der Waals surface area contributed by atoms with Gasteiger partial charge in [0.15, 0.2) is 5.78 Å². The summed E-state index contributed by atoms with van der Waals surface area (Å²) in [5, 5.41) is 13.9. The SMILES string of the molecule is CC1(C)CC(CC(=O)c2ccc(Oc3cccc(N4CCOCC4)c3C#N)c(Cl)c2)CC(C)(C)N1. The summed E-state index contributed by atoms with van der Waals surface area (Å²) < 4.78 is 11.5. The van der Waals surface area contributed by atoms with Crippen LogP contribution >= 0.6 is 11.6 Å². The van der Waals surface area contributed by atoms with Crippen LogP contribution in [0.4, 0.5) is 5.69 Å². The molecule has 7 heteroatoms. The maximum Gasteiger partial charge on any atom is 0.163 e. The molecule has 35 heavy (non-hydrogen) atoms. The second kappa shape index (κ2) is 10.2. The molecule has 0 atom stereocenters. The fourth-order valence-electron chi connectivity index (χ4n) is 5.72. The molecule has 0 unspecified atom stereocenters. The molecule has 2 aromatic rings. The van der Waals surface area contributed by atoms with Crippen molar-refractivity contribution in [2.24, 2.45) is 5.92 Å². The minimum Gasteiger partial charge on any atom is -0.454 e. The van der Waals surface area contributed by atoms with Gasteiger partial charge in [-0.15, -0.1) is 0 Å². The molecule has 1 N–H and O–H groups in total. The van der Waals surface area contributed by atoms with Gasteiger partial charge in [0.1, 0.15) is 23.1 Å². The number of carbonyl (C=O) groups is 1. The summed E-state index contributed by atoms with van der Waals surface area (Å²) in [4.78, 5) is 15.2. The predicted octanol–water partition coefficient (Wildman–Crippen LogP) is 5.97. The minimum atomic E-state index is -0.00372. The van der Waals surface area contributed by atoms with Crippen LogP contribution in [0.1, 0.15) is 62.9 Å². The summed E-state index contributed by atoms with van der Waals surface area (Å²) in [7, 11) is 0. The largest absolute Gasteiger partial charge is 0.454 e. The Hall–Kier alpha value is -2.59. The molecule has 0 radical (unpaired) electrons. The second-order valence-corrected chi connectivity index (χ2v) is 11.3. The van der Waals surface area contributed by atoms with Gasteiger partial charge in [-0.3, -0.25) is 4.79 Å². The molecule has 0 amide bonds. The number of hydrogen-bond acceptors (Lipinski definition) is 6. The molecule has 0 aliphatic carbocycles. The zero-order valence-corrected chi connectivity index (χ0v) is 21.7. The van der Waals surface area contributed by atoms with Crippen molar-refractivity contribution in [2.75, 3.05) is 31.2 Å². The first kappa shape index (κ1) is 25.5. The van der Waals surface area contributed by atoms with E-state index in [1.165, 1.54) is 0 Å². The van der Waals surface area contributed by atoms with Crippen LogP contribution in [-0.4, -0.2) is 43.2 Å². The molecule has 2 aromatic carbocycles. The lowest BCUT2D eigenvalue weighted by atomic mass is 9.74. The molecule has 4 rings (SSSR count). The van der Waals surface area contributed by atoms with Gasteiger partial charge in [0.2, 0.25) is 0 Å². The number of nitrogens with zero attached hydrogens (tertiary/aromatic N) is 2. The molecular formula is C28H34ClN3O3. The topological polar surface area (TPSA) is 74.6 Å². The first-order valence-electron chi connectivity index (χ1n) is 12.2. The van der Waals surface area contributed by atoms with E-state index in [1.807, 2.05) is 12.1 Å². The molecule has 2 saturated heterocycles. The molecule has 2 fully saturated rings. The Bertz CT molecular complexity index is 1120. The van der Waals surface area contributed by atoms with Crippen LogP contribution in [0.25, 0.3) is 0 Å². The average molecular weight is 496 g/mol. The summed E-state index contributed by atoms with van der Waals surface area (Å²) in [6.45, 7) is 11.5. The van der Waals surface area contributed by atoms with Crippen molar-refractivity contribution in [3.8, 4) is 17.6 Å². The maximum absolute atomic E-state index is 13.1. The number of nitriles is 1. The average Bonchev–Trinajstić information content (AvgIpc) is 2.78. The zero-order valence-electron chi connectivity index (χ0n) is 21.0. The molecule has 0 bridgehead atoms. The Labute approximate surface area is 213 Å². The third-order valence-electron chi connectivity index (χ3n) is 6.69. The molecule has 0 saturated carbocycles. The van der Waals surface area contributed by atoms with Crippen molar-refractivity contribution in [1.29, 1.82) is 5.26 Å². The highest BCUT2D eigenvalue weighted by Gasteiger charge is 2.38. The number of rotatable bonds is 6. The summed E-state index contributed by atoms with van der Waals surface area (Å²) in [6, 6.07) is 13.0. The highest BCUT2D eigenvalue weighted by Crippen LogP contribution is 2.38. The number of ketones is 1. The number of piperidine rings is 1. The third-order valence-corrected chi connectivity index (χ3v) is 6.99. The van der Waals surface area contributed by atoms with Gasteiger partial charge in [-0.1, -0.05) is 17.7 Å². The quantitative estimate of drug-likeness (QED) is 0.497. The second-order valence-electron chi connectivity index (χ2n) is 10.9. The van der Waals surface area contributed by atoms with Gasteiger partial charge in [0.25, 0.3) is 0 Å². The monoisotopic (exact) mass is 495 g/mol.